The fourth-order valence-corrected chi connectivity index (χ4v) is 1.78. The summed E-state index contributed by atoms with van der Waals surface area (Å²) in [4.78, 5) is 0. The lowest BCUT2D eigenvalue weighted by atomic mass is 9.89. The summed E-state index contributed by atoms with van der Waals surface area (Å²) in [7, 11) is 0. The monoisotopic (exact) mass is 201 g/mol. The molecule has 0 spiro atoms. The van der Waals surface area contributed by atoms with Crippen LogP contribution >= 0.6 is 0 Å². The number of nitrogens with two attached hydrogens (primary N) is 1. The first-order valence-electron chi connectivity index (χ1n) is 5.23. The third kappa shape index (κ3) is 3.07. The van der Waals surface area contributed by atoms with Gasteiger partial charge in [0.05, 0.1) is 0 Å². The Morgan fingerprint density at radius 1 is 1.47 bits per heavy atom. The Kier molecular flexibility index (Phi) is 4.32. The van der Waals surface area contributed by atoms with Gasteiger partial charge in [0, 0.05) is 12.5 Å². The summed E-state index contributed by atoms with van der Waals surface area (Å²) < 4.78 is 0. The van der Waals surface area contributed by atoms with Crippen molar-refractivity contribution >= 4 is 0 Å². The maximum Gasteiger partial charge on any atom is 0.0181 e. The Balaban J connectivity index is 3.00. The molecule has 0 bridgehead atoms. The zero-order valence-corrected chi connectivity index (χ0v) is 9.37. The van der Waals surface area contributed by atoms with E-state index in [1.807, 2.05) is 25.1 Å². The Morgan fingerprint density at radius 2 is 2.13 bits per heavy atom. The van der Waals surface area contributed by atoms with Gasteiger partial charge < -0.3 is 5.73 Å². The lowest BCUT2D eigenvalue weighted by Crippen LogP contribution is -2.05. The van der Waals surface area contributed by atoms with Crippen LogP contribution in [0.3, 0.4) is 0 Å². The topological polar surface area (TPSA) is 26.0 Å². The molecule has 0 aromatic heterocycles. The second kappa shape index (κ2) is 5.52. The molecule has 1 aromatic rings. The normalized spacial score (nSPS) is 12.1. The van der Waals surface area contributed by atoms with Crippen molar-refractivity contribution in [2.45, 2.75) is 25.8 Å². The van der Waals surface area contributed by atoms with Gasteiger partial charge in [-0.1, -0.05) is 35.9 Å². The molecule has 0 aliphatic carbocycles. The maximum absolute atomic E-state index is 5.72. The first-order valence-corrected chi connectivity index (χ1v) is 5.23. The summed E-state index contributed by atoms with van der Waals surface area (Å²) in [6, 6.07) is 8.26. The van der Waals surface area contributed by atoms with Crippen molar-refractivity contribution in [3.8, 4) is 0 Å². The summed E-state index contributed by atoms with van der Waals surface area (Å²) in [6.45, 7) is 10.5. The van der Waals surface area contributed by atoms with Crippen LogP contribution in [0.5, 0.6) is 0 Å². The average Bonchev–Trinajstić information content (AvgIpc) is 2.25. The highest BCUT2D eigenvalue weighted by atomic mass is 14.5. The minimum atomic E-state index is 0.335. The van der Waals surface area contributed by atoms with Crippen LogP contribution in [0.1, 0.15) is 30.4 Å². The lowest BCUT2D eigenvalue weighted by Gasteiger charge is -2.16. The summed E-state index contributed by atoms with van der Waals surface area (Å²) in [5.41, 5.74) is 9.36. The Labute approximate surface area is 92.3 Å². The van der Waals surface area contributed by atoms with Gasteiger partial charge in [-0.15, -0.1) is 13.2 Å². The van der Waals surface area contributed by atoms with Gasteiger partial charge in [-0.3, -0.25) is 0 Å². The van der Waals surface area contributed by atoms with Crippen LogP contribution < -0.4 is 5.73 Å². The van der Waals surface area contributed by atoms with E-state index < -0.39 is 0 Å². The predicted octanol–water partition coefficient (Wildman–Crippen LogP) is 3.38. The second-order valence-electron chi connectivity index (χ2n) is 3.91. The van der Waals surface area contributed by atoms with Crippen molar-refractivity contribution < 1.29 is 0 Å². The summed E-state index contributed by atoms with van der Waals surface area (Å²) in [5.74, 6) is 0.335. The van der Waals surface area contributed by atoms with E-state index in [0.29, 0.717) is 12.5 Å². The van der Waals surface area contributed by atoms with E-state index in [2.05, 4.69) is 25.3 Å². The molecule has 1 aromatic carbocycles. The number of hydrogen-bond acceptors (Lipinski definition) is 1. The highest BCUT2D eigenvalue weighted by Crippen LogP contribution is 2.26. The smallest absolute Gasteiger partial charge is 0.0181 e. The first kappa shape index (κ1) is 11.7. The van der Waals surface area contributed by atoms with E-state index in [9.17, 15) is 0 Å². The van der Waals surface area contributed by atoms with Gasteiger partial charge in [-0.25, -0.2) is 0 Å². The van der Waals surface area contributed by atoms with E-state index in [-0.39, 0.29) is 0 Å². The van der Waals surface area contributed by atoms with Crippen LogP contribution in [0.2, 0.25) is 0 Å². The molecule has 1 unspecified atom stereocenters. The molecule has 1 rings (SSSR count). The molecule has 0 saturated carbocycles. The van der Waals surface area contributed by atoms with Crippen molar-refractivity contribution in [1.82, 2.24) is 0 Å². The molecule has 0 fully saturated rings. The molecule has 15 heavy (non-hydrogen) atoms. The van der Waals surface area contributed by atoms with Crippen LogP contribution in [0.4, 0.5) is 0 Å². The summed E-state index contributed by atoms with van der Waals surface area (Å²) in [6.07, 6.45) is 2.92. The van der Waals surface area contributed by atoms with Gasteiger partial charge in [-0.2, -0.15) is 0 Å². The van der Waals surface area contributed by atoms with Crippen LogP contribution in [0.15, 0.2) is 49.1 Å². The highest BCUT2D eigenvalue weighted by Gasteiger charge is 2.10. The third-order valence-electron chi connectivity index (χ3n) is 2.53. The second-order valence-corrected chi connectivity index (χ2v) is 3.91. The fraction of sp³-hybridized carbons (Fsp3) is 0.286. The van der Waals surface area contributed by atoms with Crippen molar-refractivity contribution in [3.63, 3.8) is 0 Å². The van der Waals surface area contributed by atoms with E-state index >= 15 is 0 Å². The molecule has 0 radical (unpaired) electrons. The number of hydrogen-bond donors (Lipinski definition) is 1. The SMILES string of the molecule is C=CC(CC(=C)C)c1ccccc1CN. The molecular formula is C14H19N. The Morgan fingerprint density at radius 3 is 2.67 bits per heavy atom. The van der Waals surface area contributed by atoms with Gasteiger partial charge in [0.2, 0.25) is 0 Å². The molecular weight excluding hydrogens is 182 g/mol. The van der Waals surface area contributed by atoms with Crippen LogP contribution in [0.25, 0.3) is 0 Å². The molecule has 1 heteroatoms. The average molecular weight is 201 g/mol. The molecule has 0 aliphatic heterocycles. The molecule has 0 aliphatic rings. The fourth-order valence-electron chi connectivity index (χ4n) is 1.78. The maximum atomic E-state index is 5.72. The minimum absolute atomic E-state index is 0.335. The number of allylic oxidation sites excluding steroid dienone is 2. The highest BCUT2D eigenvalue weighted by molar-refractivity contribution is 5.33. The zero-order valence-electron chi connectivity index (χ0n) is 9.37. The quantitative estimate of drug-likeness (QED) is 0.726. The Bertz CT molecular complexity index is 352. The molecule has 2 N–H and O–H groups in total. The van der Waals surface area contributed by atoms with E-state index in [0.717, 1.165) is 6.42 Å². The number of rotatable bonds is 5. The van der Waals surface area contributed by atoms with Crippen LogP contribution in [-0.4, -0.2) is 0 Å². The van der Waals surface area contributed by atoms with Gasteiger partial charge in [-0.05, 0) is 24.5 Å². The van der Waals surface area contributed by atoms with E-state index in [1.165, 1.54) is 16.7 Å². The molecule has 80 valence electrons. The summed E-state index contributed by atoms with van der Waals surface area (Å²) in [5, 5.41) is 0. The lowest BCUT2D eigenvalue weighted by molar-refractivity contribution is 0.811. The summed E-state index contributed by atoms with van der Waals surface area (Å²) >= 11 is 0. The predicted molar refractivity (Wildman–Crippen MR) is 66.7 cm³/mol. The molecule has 1 atom stereocenters. The third-order valence-corrected chi connectivity index (χ3v) is 2.53. The molecule has 1 nitrogen and oxygen atoms in total. The number of benzene rings is 1. The van der Waals surface area contributed by atoms with Crippen LogP contribution in [0, 0.1) is 0 Å². The van der Waals surface area contributed by atoms with E-state index in [4.69, 9.17) is 5.73 Å². The Hall–Kier alpha value is -1.34. The van der Waals surface area contributed by atoms with Gasteiger partial charge in [0.15, 0.2) is 0 Å². The van der Waals surface area contributed by atoms with Crippen LogP contribution in [-0.2, 0) is 6.54 Å². The van der Waals surface area contributed by atoms with E-state index in [1.54, 1.807) is 0 Å². The van der Waals surface area contributed by atoms with Crippen molar-refractivity contribution in [3.05, 3.63) is 60.2 Å². The van der Waals surface area contributed by atoms with Crippen molar-refractivity contribution in [2.75, 3.05) is 0 Å². The minimum Gasteiger partial charge on any atom is -0.326 e. The largest absolute Gasteiger partial charge is 0.326 e. The van der Waals surface area contributed by atoms with Gasteiger partial charge >= 0.3 is 0 Å². The van der Waals surface area contributed by atoms with Gasteiger partial charge in [0.25, 0.3) is 0 Å². The zero-order chi connectivity index (χ0) is 11.3. The molecule has 0 saturated heterocycles. The molecule has 0 heterocycles. The van der Waals surface area contributed by atoms with Gasteiger partial charge in [0.1, 0.15) is 0 Å². The van der Waals surface area contributed by atoms with Crippen molar-refractivity contribution in [1.29, 1.82) is 0 Å². The molecule has 0 amide bonds. The van der Waals surface area contributed by atoms with Crippen molar-refractivity contribution in [2.24, 2.45) is 5.73 Å². The first-order chi connectivity index (χ1) is 7.19. The standard InChI is InChI=1S/C14H19N/c1-4-12(9-11(2)3)14-8-6-5-7-13(14)10-15/h4-8,12H,1-2,9-10,15H2,3H3.